The summed E-state index contributed by atoms with van der Waals surface area (Å²) in [6, 6.07) is 0. The zero-order chi connectivity index (χ0) is 46.8. The van der Waals surface area contributed by atoms with Gasteiger partial charge < -0.3 is 64.2 Å². The molecule has 2 heterocycles. The minimum atomic E-state index is -1.77. The van der Waals surface area contributed by atoms with Crippen LogP contribution in [0.5, 0.6) is 0 Å². The molecule has 0 aromatic rings. The molecule has 374 valence electrons. The van der Waals surface area contributed by atoms with Crippen LogP contribution >= 0.6 is 0 Å². The molecule has 2 aliphatic rings. The first-order valence-corrected chi connectivity index (χ1v) is 24.9. The van der Waals surface area contributed by atoms with Crippen molar-refractivity contribution < 1.29 is 73.8 Å². The van der Waals surface area contributed by atoms with E-state index >= 15 is 0 Å². The maximum Gasteiger partial charge on any atom is 0.306 e. The van der Waals surface area contributed by atoms with Crippen LogP contribution in [0.15, 0.2) is 24.3 Å². The summed E-state index contributed by atoms with van der Waals surface area (Å²) in [6.07, 6.45) is 19.3. The van der Waals surface area contributed by atoms with E-state index in [1.165, 1.54) is 89.9 Å². The van der Waals surface area contributed by atoms with Crippen molar-refractivity contribution in [3.63, 3.8) is 0 Å². The van der Waals surface area contributed by atoms with Crippen LogP contribution < -0.4 is 0 Å². The molecule has 0 saturated carbocycles. The number of esters is 2. The highest BCUT2D eigenvalue weighted by molar-refractivity contribution is 5.70. The fourth-order valence-electron chi connectivity index (χ4n) is 7.73. The highest BCUT2D eigenvalue weighted by atomic mass is 16.7. The van der Waals surface area contributed by atoms with Gasteiger partial charge in [-0.15, -0.1) is 0 Å². The number of carbonyl (C=O) groups is 2. The van der Waals surface area contributed by atoms with Crippen LogP contribution in [-0.4, -0.2) is 142 Å². The maximum absolute atomic E-state index is 13.0. The molecule has 15 nitrogen and oxygen atoms in total. The van der Waals surface area contributed by atoms with Crippen LogP contribution in [0, 0.1) is 0 Å². The van der Waals surface area contributed by atoms with E-state index in [0.717, 1.165) is 51.4 Å². The second-order valence-corrected chi connectivity index (χ2v) is 17.6. The smallest absolute Gasteiger partial charge is 0.306 e. The van der Waals surface area contributed by atoms with E-state index in [-0.39, 0.29) is 19.4 Å². The number of aliphatic hydroxyl groups is 7. The molecule has 0 spiro atoms. The van der Waals surface area contributed by atoms with Gasteiger partial charge in [-0.1, -0.05) is 128 Å². The molecule has 11 atom stereocenters. The molecule has 0 aromatic carbocycles. The van der Waals surface area contributed by atoms with Crippen LogP contribution in [0.1, 0.15) is 181 Å². The van der Waals surface area contributed by atoms with E-state index in [4.69, 9.17) is 28.4 Å². The van der Waals surface area contributed by atoms with Gasteiger partial charge in [0.2, 0.25) is 0 Å². The number of rotatable bonds is 38. The summed E-state index contributed by atoms with van der Waals surface area (Å²) in [4.78, 5) is 25.7. The lowest BCUT2D eigenvalue weighted by Gasteiger charge is -2.42. The lowest BCUT2D eigenvalue weighted by Crippen LogP contribution is -2.61. The maximum atomic E-state index is 13.0. The lowest BCUT2D eigenvalue weighted by atomic mass is 9.98. The summed E-state index contributed by atoms with van der Waals surface area (Å²) in [5.74, 6) is -0.959. The van der Waals surface area contributed by atoms with Gasteiger partial charge in [0.05, 0.1) is 19.8 Å². The molecule has 7 N–H and O–H groups in total. The zero-order valence-corrected chi connectivity index (χ0v) is 39.3. The SMILES string of the molecule is CCCCCCCC/C=C/CCCCCC(=O)O[C@H](COC(=O)CCCCC/C=C/CCCCCCCCCC)CO[C@@H]1O[C@H](CO[C@@H]2O[C@H](CO)[C@H](O)C(O)C2O)[C@H](O)C(O)C1O. The Kier molecular flexibility index (Phi) is 33.6. The van der Waals surface area contributed by atoms with Gasteiger partial charge in [-0.3, -0.25) is 9.59 Å². The summed E-state index contributed by atoms with van der Waals surface area (Å²) < 4.78 is 33.5. The van der Waals surface area contributed by atoms with E-state index in [1.807, 2.05) is 0 Å². The van der Waals surface area contributed by atoms with Gasteiger partial charge >= 0.3 is 11.9 Å². The number of unbranched alkanes of at least 4 members (excludes halogenated alkanes) is 20. The van der Waals surface area contributed by atoms with Gasteiger partial charge in [-0.2, -0.15) is 0 Å². The molecule has 2 rings (SSSR count). The van der Waals surface area contributed by atoms with Gasteiger partial charge in [0.25, 0.3) is 0 Å². The summed E-state index contributed by atoms with van der Waals surface area (Å²) in [5.41, 5.74) is 0. The van der Waals surface area contributed by atoms with Crippen LogP contribution in [0.25, 0.3) is 0 Å². The molecule has 15 heteroatoms. The van der Waals surface area contributed by atoms with Crippen molar-refractivity contribution in [2.45, 2.75) is 248 Å². The predicted octanol–water partition coefficient (Wildman–Crippen LogP) is 6.38. The Bertz CT molecular complexity index is 1220. The van der Waals surface area contributed by atoms with Crippen molar-refractivity contribution in [1.82, 2.24) is 0 Å². The number of hydrogen-bond acceptors (Lipinski definition) is 15. The van der Waals surface area contributed by atoms with E-state index < -0.39 is 99.3 Å². The molecule has 2 fully saturated rings. The van der Waals surface area contributed by atoms with Gasteiger partial charge in [-0.25, -0.2) is 0 Å². The van der Waals surface area contributed by atoms with Crippen molar-refractivity contribution in [3.05, 3.63) is 24.3 Å². The second-order valence-electron chi connectivity index (χ2n) is 17.6. The average Bonchev–Trinajstić information content (AvgIpc) is 3.29. The normalized spacial score (nSPS) is 26.8. The Hall–Kier alpha value is -2.02. The molecule has 4 unspecified atom stereocenters. The topological polar surface area (TPSA) is 231 Å². The standard InChI is InChI=1S/C49H88O15/c1-3-5-7-9-11-13-15-17-18-20-21-23-25-27-29-31-40(51)59-34-37(62-41(52)32-30-28-26-24-22-19-16-14-12-10-8-6-4-2)35-60-48-47(58)45(56)43(54)39(64-48)36-61-49-46(57)44(55)42(53)38(33-50)63-49/h19-22,37-39,42-50,53-58H,3-18,23-36H2,1-2H3/b21-20+,22-19+/t37-,38-,39-,42+,43+,44?,45?,46?,47?,48-,49-/m1/s1. The van der Waals surface area contributed by atoms with Crippen LogP contribution in [0.3, 0.4) is 0 Å². The Morgan fingerprint density at radius 1 is 0.484 bits per heavy atom. The zero-order valence-electron chi connectivity index (χ0n) is 39.3. The van der Waals surface area contributed by atoms with E-state index in [1.54, 1.807) is 0 Å². The summed E-state index contributed by atoms with van der Waals surface area (Å²) >= 11 is 0. The Morgan fingerprint density at radius 3 is 1.38 bits per heavy atom. The van der Waals surface area contributed by atoms with Crippen molar-refractivity contribution >= 4 is 11.9 Å². The first-order valence-electron chi connectivity index (χ1n) is 24.9. The van der Waals surface area contributed by atoms with Gasteiger partial charge in [-0.05, 0) is 64.2 Å². The Labute approximate surface area is 383 Å². The largest absolute Gasteiger partial charge is 0.462 e. The third-order valence-corrected chi connectivity index (χ3v) is 11.9. The monoisotopic (exact) mass is 917 g/mol. The summed E-state index contributed by atoms with van der Waals surface area (Å²) in [6.45, 7) is 2.54. The van der Waals surface area contributed by atoms with Crippen LogP contribution in [0.2, 0.25) is 0 Å². The third kappa shape index (κ3) is 25.2. The molecule has 0 aromatic heterocycles. The Balaban J connectivity index is 1.84. The number of allylic oxidation sites excluding steroid dienone is 4. The summed E-state index contributed by atoms with van der Waals surface area (Å²) in [5, 5.41) is 72.0. The molecular formula is C49H88O15. The number of ether oxygens (including phenoxy) is 6. The first-order chi connectivity index (χ1) is 31.0. The van der Waals surface area contributed by atoms with E-state index in [2.05, 4.69) is 38.2 Å². The minimum absolute atomic E-state index is 0.143. The molecule has 2 saturated heterocycles. The molecule has 0 radical (unpaired) electrons. The highest BCUT2D eigenvalue weighted by Gasteiger charge is 2.47. The van der Waals surface area contributed by atoms with Crippen molar-refractivity contribution in [1.29, 1.82) is 0 Å². The lowest BCUT2D eigenvalue weighted by molar-refractivity contribution is -0.332. The molecular weight excluding hydrogens is 829 g/mol. The number of hydrogen-bond donors (Lipinski definition) is 7. The number of carbonyl (C=O) groups excluding carboxylic acids is 2. The number of aliphatic hydroxyl groups excluding tert-OH is 7. The molecule has 2 aliphatic heterocycles. The van der Waals surface area contributed by atoms with Crippen LogP contribution in [0.4, 0.5) is 0 Å². The van der Waals surface area contributed by atoms with E-state index in [0.29, 0.717) is 12.8 Å². The quantitative estimate of drug-likeness (QED) is 0.0203. The molecule has 0 aliphatic carbocycles. The Morgan fingerprint density at radius 2 is 0.891 bits per heavy atom. The van der Waals surface area contributed by atoms with Crippen molar-refractivity contribution in [2.75, 3.05) is 26.4 Å². The third-order valence-electron chi connectivity index (χ3n) is 11.9. The van der Waals surface area contributed by atoms with E-state index in [9.17, 15) is 45.3 Å². The average molecular weight is 917 g/mol. The second kappa shape index (κ2) is 37.0. The predicted molar refractivity (Wildman–Crippen MR) is 243 cm³/mol. The molecule has 64 heavy (non-hydrogen) atoms. The van der Waals surface area contributed by atoms with Crippen LogP contribution in [-0.2, 0) is 38.0 Å². The van der Waals surface area contributed by atoms with Crippen molar-refractivity contribution in [2.24, 2.45) is 0 Å². The highest BCUT2D eigenvalue weighted by Crippen LogP contribution is 2.26. The first kappa shape index (κ1) is 58.1. The fraction of sp³-hybridized carbons (Fsp3) is 0.878. The van der Waals surface area contributed by atoms with Gasteiger partial charge in [0.15, 0.2) is 18.7 Å². The van der Waals surface area contributed by atoms with Crippen molar-refractivity contribution in [3.8, 4) is 0 Å². The van der Waals surface area contributed by atoms with Gasteiger partial charge in [0, 0.05) is 12.8 Å². The molecule has 0 bridgehead atoms. The fourth-order valence-corrected chi connectivity index (χ4v) is 7.73. The molecule has 0 amide bonds. The van der Waals surface area contributed by atoms with Gasteiger partial charge in [0.1, 0.15) is 55.4 Å². The minimum Gasteiger partial charge on any atom is -0.462 e. The summed E-state index contributed by atoms with van der Waals surface area (Å²) in [7, 11) is 0.